The summed E-state index contributed by atoms with van der Waals surface area (Å²) >= 11 is 4.18. The van der Waals surface area contributed by atoms with E-state index in [9.17, 15) is 5.11 Å². The van der Waals surface area contributed by atoms with Gasteiger partial charge in [0, 0.05) is 24.9 Å². The first kappa shape index (κ1) is 9.36. The molecule has 0 bridgehead atoms. The molecule has 0 radical (unpaired) electrons. The van der Waals surface area contributed by atoms with Gasteiger partial charge in [-0.2, -0.15) is 12.6 Å². The maximum absolute atomic E-state index is 9.36. The minimum Gasteiger partial charge on any atom is -0.392 e. The van der Waals surface area contributed by atoms with Gasteiger partial charge in [0.15, 0.2) is 0 Å². The highest BCUT2D eigenvalue weighted by Crippen LogP contribution is 2.16. The summed E-state index contributed by atoms with van der Waals surface area (Å²) in [4.78, 5) is 2.31. The van der Waals surface area contributed by atoms with E-state index in [1.807, 2.05) is 0 Å². The molecule has 1 fully saturated rings. The number of rotatable bonds is 2. The molecule has 66 valence electrons. The Labute approximate surface area is 74.0 Å². The molecule has 0 unspecified atom stereocenters. The number of aliphatic hydroxyl groups excluding tert-OH is 1. The van der Waals surface area contributed by atoms with Gasteiger partial charge in [0.05, 0.1) is 6.10 Å². The van der Waals surface area contributed by atoms with Crippen LogP contribution in [0.15, 0.2) is 0 Å². The maximum atomic E-state index is 9.36. The standard InChI is InChI=1S/C8H17NOS/c1-7-2-3-8(10)6-9(7)4-5-11/h7-8,10-11H,2-6H2,1H3/t7-,8-/m1/s1. The zero-order chi connectivity index (χ0) is 8.27. The lowest BCUT2D eigenvalue weighted by Crippen LogP contribution is -2.44. The summed E-state index contributed by atoms with van der Waals surface area (Å²) in [5.41, 5.74) is 0. The fraction of sp³-hybridized carbons (Fsp3) is 1.00. The van der Waals surface area contributed by atoms with Crippen molar-refractivity contribution in [2.24, 2.45) is 0 Å². The second-order valence-corrected chi connectivity index (χ2v) is 3.75. The van der Waals surface area contributed by atoms with Gasteiger partial charge >= 0.3 is 0 Å². The molecule has 0 aromatic heterocycles. The fourth-order valence-corrected chi connectivity index (χ4v) is 1.86. The zero-order valence-corrected chi connectivity index (χ0v) is 7.93. The van der Waals surface area contributed by atoms with Crippen LogP contribution < -0.4 is 0 Å². The normalized spacial score (nSPS) is 34.1. The van der Waals surface area contributed by atoms with Crippen molar-refractivity contribution in [1.29, 1.82) is 0 Å². The van der Waals surface area contributed by atoms with E-state index < -0.39 is 0 Å². The molecule has 0 spiro atoms. The third kappa shape index (κ3) is 2.65. The predicted molar refractivity (Wildman–Crippen MR) is 50.1 cm³/mol. The molecule has 1 rings (SSSR count). The summed E-state index contributed by atoms with van der Waals surface area (Å²) in [6, 6.07) is 0.630. The molecule has 0 aliphatic carbocycles. The minimum atomic E-state index is -0.105. The second-order valence-electron chi connectivity index (χ2n) is 3.30. The van der Waals surface area contributed by atoms with E-state index in [0.29, 0.717) is 6.04 Å². The molecule has 1 N–H and O–H groups in total. The van der Waals surface area contributed by atoms with Crippen LogP contribution in [0.25, 0.3) is 0 Å². The van der Waals surface area contributed by atoms with Gasteiger partial charge in [-0.05, 0) is 19.8 Å². The summed E-state index contributed by atoms with van der Waals surface area (Å²) in [5.74, 6) is 0.886. The molecule has 0 amide bonds. The Morgan fingerprint density at radius 3 is 2.91 bits per heavy atom. The lowest BCUT2D eigenvalue weighted by molar-refractivity contribution is 0.0451. The molecule has 11 heavy (non-hydrogen) atoms. The largest absolute Gasteiger partial charge is 0.392 e. The van der Waals surface area contributed by atoms with Crippen LogP contribution in [0.2, 0.25) is 0 Å². The number of thiol groups is 1. The van der Waals surface area contributed by atoms with Crippen molar-refractivity contribution in [3.8, 4) is 0 Å². The first-order valence-electron chi connectivity index (χ1n) is 4.27. The fourth-order valence-electron chi connectivity index (χ4n) is 1.60. The van der Waals surface area contributed by atoms with Crippen molar-refractivity contribution in [2.45, 2.75) is 31.9 Å². The van der Waals surface area contributed by atoms with Crippen LogP contribution in [0.1, 0.15) is 19.8 Å². The number of likely N-dealkylation sites (tertiary alicyclic amines) is 1. The lowest BCUT2D eigenvalue weighted by atomic mass is 10.0. The smallest absolute Gasteiger partial charge is 0.0667 e. The van der Waals surface area contributed by atoms with Crippen molar-refractivity contribution in [1.82, 2.24) is 4.90 Å². The van der Waals surface area contributed by atoms with Crippen LogP contribution in [0.3, 0.4) is 0 Å². The van der Waals surface area contributed by atoms with Crippen LogP contribution >= 0.6 is 12.6 Å². The number of hydrogen-bond acceptors (Lipinski definition) is 3. The topological polar surface area (TPSA) is 23.5 Å². The Morgan fingerprint density at radius 2 is 2.27 bits per heavy atom. The van der Waals surface area contributed by atoms with E-state index >= 15 is 0 Å². The molecule has 3 heteroatoms. The summed E-state index contributed by atoms with van der Waals surface area (Å²) in [7, 11) is 0. The van der Waals surface area contributed by atoms with Gasteiger partial charge in [0.2, 0.25) is 0 Å². The van der Waals surface area contributed by atoms with Crippen molar-refractivity contribution < 1.29 is 5.11 Å². The lowest BCUT2D eigenvalue weighted by Gasteiger charge is -2.35. The Kier molecular flexibility index (Phi) is 3.69. The van der Waals surface area contributed by atoms with Crippen LogP contribution in [0, 0.1) is 0 Å². The highest BCUT2D eigenvalue weighted by molar-refractivity contribution is 7.80. The van der Waals surface area contributed by atoms with Crippen molar-refractivity contribution in [3.05, 3.63) is 0 Å². The molecule has 0 aromatic rings. The van der Waals surface area contributed by atoms with Crippen molar-refractivity contribution >= 4 is 12.6 Å². The van der Waals surface area contributed by atoms with Gasteiger partial charge in [-0.3, -0.25) is 4.90 Å². The highest BCUT2D eigenvalue weighted by Gasteiger charge is 2.22. The van der Waals surface area contributed by atoms with Crippen molar-refractivity contribution in [3.63, 3.8) is 0 Å². The van der Waals surface area contributed by atoms with Crippen LogP contribution in [-0.4, -0.2) is 41.0 Å². The highest BCUT2D eigenvalue weighted by atomic mass is 32.1. The molecule has 1 aliphatic heterocycles. The SMILES string of the molecule is C[C@@H]1CC[C@@H](O)CN1CCS. The number of β-amino-alcohol motifs (C(OH)–C–C–N with tert-alkyl or cyclic N) is 1. The first-order chi connectivity index (χ1) is 5.24. The molecule has 1 aliphatic rings. The van der Waals surface area contributed by atoms with E-state index in [1.54, 1.807) is 0 Å². The average Bonchev–Trinajstić information content (AvgIpc) is 1.98. The van der Waals surface area contributed by atoms with Crippen LogP contribution in [-0.2, 0) is 0 Å². The van der Waals surface area contributed by atoms with E-state index in [1.165, 1.54) is 0 Å². The third-order valence-electron chi connectivity index (χ3n) is 2.37. The van der Waals surface area contributed by atoms with E-state index in [4.69, 9.17) is 0 Å². The van der Waals surface area contributed by atoms with Gasteiger partial charge in [0.1, 0.15) is 0 Å². The predicted octanol–water partition coefficient (Wildman–Crippen LogP) is 0.761. The quantitative estimate of drug-likeness (QED) is 0.605. The number of aliphatic hydroxyl groups is 1. The molecular formula is C8H17NOS. The van der Waals surface area contributed by atoms with Crippen LogP contribution in [0.5, 0.6) is 0 Å². The van der Waals surface area contributed by atoms with Gasteiger partial charge in [-0.25, -0.2) is 0 Å². The molecular weight excluding hydrogens is 158 g/mol. The van der Waals surface area contributed by atoms with Gasteiger partial charge in [-0.1, -0.05) is 0 Å². The Morgan fingerprint density at radius 1 is 1.55 bits per heavy atom. The summed E-state index contributed by atoms with van der Waals surface area (Å²) < 4.78 is 0. The molecule has 0 saturated carbocycles. The Bertz CT molecular complexity index is 121. The molecule has 1 heterocycles. The number of nitrogens with zero attached hydrogens (tertiary/aromatic N) is 1. The Hall–Kier alpha value is 0.270. The second kappa shape index (κ2) is 4.33. The molecule has 2 atom stereocenters. The van der Waals surface area contributed by atoms with Gasteiger partial charge in [-0.15, -0.1) is 0 Å². The third-order valence-corrected chi connectivity index (χ3v) is 2.57. The molecule has 0 aromatic carbocycles. The van der Waals surface area contributed by atoms with E-state index in [-0.39, 0.29) is 6.10 Å². The van der Waals surface area contributed by atoms with Gasteiger partial charge in [0.25, 0.3) is 0 Å². The monoisotopic (exact) mass is 175 g/mol. The van der Waals surface area contributed by atoms with Crippen LogP contribution in [0.4, 0.5) is 0 Å². The average molecular weight is 175 g/mol. The van der Waals surface area contributed by atoms with Crippen molar-refractivity contribution in [2.75, 3.05) is 18.8 Å². The summed E-state index contributed by atoms with van der Waals surface area (Å²) in [6.07, 6.45) is 1.98. The maximum Gasteiger partial charge on any atom is 0.0667 e. The first-order valence-corrected chi connectivity index (χ1v) is 4.90. The van der Waals surface area contributed by atoms with Gasteiger partial charge < -0.3 is 5.11 Å². The summed E-state index contributed by atoms with van der Waals surface area (Å²) in [5, 5.41) is 9.36. The number of piperidine rings is 1. The molecule has 1 saturated heterocycles. The Balaban J connectivity index is 2.34. The zero-order valence-electron chi connectivity index (χ0n) is 7.03. The minimum absolute atomic E-state index is 0.105. The number of hydrogen-bond donors (Lipinski definition) is 2. The van der Waals surface area contributed by atoms with E-state index in [0.717, 1.165) is 31.7 Å². The van der Waals surface area contributed by atoms with E-state index in [2.05, 4.69) is 24.5 Å². The summed E-state index contributed by atoms with van der Waals surface area (Å²) in [6.45, 7) is 4.05. The molecule has 2 nitrogen and oxygen atoms in total.